The Morgan fingerprint density at radius 1 is 1.35 bits per heavy atom. The maximum atomic E-state index is 13.2. The first-order valence-electron chi connectivity index (χ1n) is 6.37. The second-order valence-corrected chi connectivity index (χ2v) is 5.08. The molecule has 1 aliphatic carbocycles. The zero-order valence-corrected chi connectivity index (χ0v) is 10.1. The summed E-state index contributed by atoms with van der Waals surface area (Å²) in [6.07, 6.45) is 5.31. The van der Waals surface area contributed by atoms with E-state index in [0.717, 1.165) is 29.1 Å². The lowest BCUT2D eigenvalue weighted by Crippen LogP contribution is -2.10. The van der Waals surface area contributed by atoms with Crippen LogP contribution >= 0.6 is 0 Å². The molecule has 3 heteroatoms. The highest BCUT2D eigenvalue weighted by Crippen LogP contribution is 2.27. The lowest BCUT2D eigenvalue weighted by atomic mass is 10.1. The van der Waals surface area contributed by atoms with Crippen LogP contribution in [-0.2, 0) is 6.54 Å². The molecule has 2 nitrogen and oxygen atoms in total. The van der Waals surface area contributed by atoms with Gasteiger partial charge in [-0.15, -0.1) is 0 Å². The number of hydrogen-bond donors (Lipinski definition) is 0. The van der Waals surface area contributed by atoms with Gasteiger partial charge >= 0.3 is 0 Å². The van der Waals surface area contributed by atoms with Crippen molar-refractivity contribution in [2.24, 2.45) is 5.92 Å². The number of aromatic nitrogens is 2. The summed E-state index contributed by atoms with van der Waals surface area (Å²) < 4.78 is 15.2. The van der Waals surface area contributed by atoms with Crippen LogP contribution in [0.15, 0.2) is 18.2 Å². The van der Waals surface area contributed by atoms with Crippen molar-refractivity contribution in [3.8, 4) is 0 Å². The van der Waals surface area contributed by atoms with E-state index in [-0.39, 0.29) is 5.82 Å². The van der Waals surface area contributed by atoms with Gasteiger partial charge in [0.25, 0.3) is 0 Å². The van der Waals surface area contributed by atoms with E-state index >= 15 is 0 Å². The van der Waals surface area contributed by atoms with Gasteiger partial charge in [-0.1, -0.05) is 12.8 Å². The van der Waals surface area contributed by atoms with Gasteiger partial charge in [-0.3, -0.25) is 4.68 Å². The maximum absolute atomic E-state index is 13.2. The van der Waals surface area contributed by atoms with Crippen LogP contribution in [0.1, 0.15) is 31.4 Å². The van der Waals surface area contributed by atoms with Crippen molar-refractivity contribution in [3.05, 3.63) is 29.7 Å². The van der Waals surface area contributed by atoms with E-state index in [2.05, 4.69) is 9.78 Å². The van der Waals surface area contributed by atoms with E-state index in [1.807, 2.05) is 6.92 Å². The molecule has 0 atom stereocenters. The molecule has 17 heavy (non-hydrogen) atoms. The first-order valence-corrected chi connectivity index (χ1v) is 6.37. The minimum absolute atomic E-state index is 0.180. The molecule has 0 bridgehead atoms. The van der Waals surface area contributed by atoms with Gasteiger partial charge in [-0.25, -0.2) is 4.39 Å². The molecular formula is C14H17FN2. The van der Waals surface area contributed by atoms with Gasteiger partial charge in [0.1, 0.15) is 5.82 Å². The summed E-state index contributed by atoms with van der Waals surface area (Å²) in [6, 6.07) is 4.83. The molecule has 1 heterocycles. The van der Waals surface area contributed by atoms with Crippen molar-refractivity contribution in [3.63, 3.8) is 0 Å². The van der Waals surface area contributed by atoms with E-state index in [1.165, 1.54) is 31.7 Å². The molecule has 3 rings (SSSR count). The third-order valence-electron chi connectivity index (χ3n) is 3.87. The molecule has 90 valence electrons. The van der Waals surface area contributed by atoms with Crippen LogP contribution < -0.4 is 0 Å². The minimum atomic E-state index is -0.180. The summed E-state index contributed by atoms with van der Waals surface area (Å²) in [5.74, 6) is 0.578. The Bertz CT molecular complexity index is 538. The Hall–Kier alpha value is -1.38. The molecule has 0 N–H and O–H groups in total. The summed E-state index contributed by atoms with van der Waals surface area (Å²) in [5.41, 5.74) is 1.99. The molecule has 0 unspecified atom stereocenters. The van der Waals surface area contributed by atoms with Crippen molar-refractivity contribution in [1.29, 1.82) is 0 Å². The zero-order chi connectivity index (χ0) is 11.8. The number of benzene rings is 1. The number of nitrogens with zero attached hydrogens (tertiary/aromatic N) is 2. The molecule has 1 aliphatic rings. The van der Waals surface area contributed by atoms with Gasteiger partial charge in [0.15, 0.2) is 0 Å². The van der Waals surface area contributed by atoms with Gasteiger partial charge < -0.3 is 0 Å². The molecular weight excluding hydrogens is 215 g/mol. The molecule has 1 fully saturated rings. The highest BCUT2D eigenvalue weighted by atomic mass is 19.1. The number of hydrogen-bond acceptors (Lipinski definition) is 1. The van der Waals surface area contributed by atoms with Crippen LogP contribution in [-0.4, -0.2) is 9.78 Å². The monoisotopic (exact) mass is 232 g/mol. The summed E-state index contributed by atoms with van der Waals surface area (Å²) in [4.78, 5) is 0. The van der Waals surface area contributed by atoms with Crippen LogP contribution in [0.3, 0.4) is 0 Å². The fraction of sp³-hybridized carbons (Fsp3) is 0.500. The third kappa shape index (κ3) is 1.94. The normalized spacial score (nSPS) is 17.1. The number of rotatable bonds is 2. The molecule has 0 amide bonds. The van der Waals surface area contributed by atoms with Crippen molar-refractivity contribution in [2.75, 3.05) is 0 Å². The largest absolute Gasteiger partial charge is 0.268 e. The van der Waals surface area contributed by atoms with Crippen LogP contribution in [0.5, 0.6) is 0 Å². The highest BCUT2D eigenvalue weighted by Gasteiger charge is 2.17. The van der Waals surface area contributed by atoms with Gasteiger partial charge in [0.2, 0.25) is 0 Å². The average Bonchev–Trinajstić information content (AvgIpc) is 2.91. The number of aryl methyl sites for hydroxylation is 1. The second kappa shape index (κ2) is 4.13. The quantitative estimate of drug-likeness (QED) is 0.772. The molecule has 1 aromatic carbocycles. The first-order chi connectivity index (χ1) is 8.24. The lowest BCUT2D eigenvalue weighted by molar-refractivity contribution is 0.425. The third-order valence-corrected chi connectivity index (χ3v) is 3.87. The lowest BCUT2D eigenvalue weighted by Gasteiger charge is -2.10. The molecule has 1 saturated carbocycles. The van der Waals surface area contributed by atoms with Crippen LogP contribution in [0.4, 0.5) is 4.39 Å². The zero-order valence-electron chi connectivity index (χ0n) is 10.1. The van der Waals surface area contributed by atoms with Crippen molar-refractivity contribution in [1.82, 2.24) is 9.78 Å². The van der Waals surface area contributed by atoms with Gasteiger partial charge in [-0.2, -0.15) is 5.10 Å². The Labute approximate surface area is 100 Å². The number of fused-ring (bicyclic) bond motifs is 1. The Morgan fingerprint density at radius 2 is 2.12 bits per heavy atom. The molecule has 1 aromatic heterocycles. The van der Waals surface area contributed by atoms with Gasteiger partial charge in [0, 0.05) is 17.6 Å². The van der Waals surface area contributed by atoms with Crippen LogP contribution in [0.25, 0.3) is 10.9 Å². The standard InChI is InChI=1S/C14H17FN2/c1-10-13-8-12(15)6-7-14(13)16-17(10)9-11-4-2-3-5-11/h6-8,11H,2-5,9H2,1H3. The van der Waals surface area contributed by atoms with Crippen molar-refractivity contribution < 1.29 is 4.39 Å². The second-order valence-electron chi connectivity index (χ2n) is 5.08. The predicted octanol–water partition coefficient (Wildman–Crippen LogP) is 3.67. The summed E-state index contributed by atoms with van der Waals surface area (Å²) in [7, 11) is 0. The van der Waals surface area contributed by atoms with E-state index in [1.54, 1.807) is 12.1 Å². The Balaban J connectivity index is 1.96. The number of halogens is 1. The Morgan fingerprint density at radius 3 is 2.88 bits per heavy atom. The van der Waals surface area contributed by atoms with E-state index in [4.69, 9.17) is 0 Å². The van der Waals surface area contributed by atoms with Gasteiger partial charge in [-0.05, 0) is 43.9 Å². The van der Waals surface area contributed by atoms with Crippen molar-refractivity contribution >= 4 is 10.9 Å². The SMILES string of the molecule is Cc1c2cc(F)ccc2nn1CC1CCCC1. The smallest absolute Gasteiger partial charge is 0.124 e. The van der Waals surface area contributed by atoms with E-state index < -0.39 is 0 Å². The Kier molecular flexibility index (Phi) is 2.61. The highest BCUT2D eigenvalue weighted by molar-refractivity contribution is 5.81. The molecule has 0 aliphatic heterocycles. The summed E-state index contributed by atoms with van der Waals surface area (Å²) in [6.45, 7) is 3.02. The fourth-order valence-electron chi connectivity index (χ4n) is 2.84. The molecule has 2 aromatic rings. The maximum Gasteiger partial charge on any atom is 0.124 e. The summed E-state index contributed by atoms with van der Waals surface area (Å²) >= 11 is 0. The van der Waals surface area contributed by atoms with Crippen LogP contribution in [0.2, 0.25) is 0 Å². The topological polar surface area (TPSA) is 17.8 Å². The average molecular weight is 232 g/mol. The molecule has 0 spiro atoms. The predicted molar refractivity (Wildman–Crippen MR) is 66.4 cm³/mol. The minimum Gasteiger partial charge on any atom is -0.268 e. The van der Waals surface area contributed by atoms with Gasteiger partial charge in [0.05, 0.1) is 5.52 Å². The first kappa shape index (κ1) is 10.8. The summed E-state index contributed by atoms with van der Waals surface area (Å²) in [5, 5.41) is 5.51. The van der Waals surface area contributed by atoms with Crippen LogP contribution in [0, 0.1) is 18.7 Å². The van der Waals surface area contributed by atoms with E-state index in [0.29, 0.717) is 0 Å². The van der Waals surface area contributed by atoms with E-state index in [9.17, 15) is 4.39 Å². The fourth-order valence-corrected chi connectivity index (χ4v) is 2.84. The molecule has 0 saturated heterocycles. The van der Waals surface area contributed by atoms with Crippen molar-refractivity contribution in [2.45, 2.75) is 39.2 Å². The molecule has 0 radical (unpaired) electrons.